The van der Waals surface area contributed by atoms with Crippen LogP contribution in [-0.2, 0) is 0 Å². The lowest BCUT2D eigenvalue weighted by Gasteiger charge is -2.26. The maximum Gasteiger partial charge on any atom is 0.226 e. The SMILES string of the molecule is c1ccc2cc(-c3ccc(-c4ccc(N(c5ccc(-c6ccc7ccccc7c6)cc5)c5ccc(-c6coc7ncccc67)cc5)cc4)cc3)ccc2c1. The first-order chi connectivity index (χ1) is 26.7. The number of nitrogens with zero attached hydrogens (tertiary/aromatic N) is 2. The summed E-state index contributed by atoms with van der Waals surface area (Å²) in [5, 5.41) is 6.01. The molecule has 0 aliphatic carbocycles. The Kier molecular flexibility index (Phi) is 7.81. The summed E-state index contributed by atoms with van der Waals surface area (Å²) in [5.41, 5.74) is 13.2. The van der Waals surface area contributed by atoms with E-state index in [1.54, 1.807) is 12.5 Å². The van der Waals surface area contributed by atoms with E-state index in [4.69, 9.17) is 4.42 Å². The van der Waals surface area contributed by atoms with Crippen molar-refractivity contribution in [2.75, 3.05) is 4.90 Å². The van der Waals surface area contributed by atoms with Crippen LogP contribution in [0.3, 0.4) is 0 Å². The van der Waals surface area contributed by atoms with Gasteiger partial charge in [0, 0.05) is 34.2 Å². The van der Waals surface area contributed by atoms with Gasteiger partial charge in [-0.15, -0.1) is 0 Å². The third-order valence-corrected chi connectivity index (χ3v) is 10.4. The molecule has 54 heavy (non-hydrogen) atoms. The Balaban J connectivity index is 0.981. The Morgan fingerprint density at radius 3 is 1.26 bits per heavy atom. The van der Waals surface area contributed by atoms with Gasteiger partial charge in [-0.25, -0.2) is 4.98 Å². The highest BCUT2D eigenvalue weighted by Gasteiger charge is 2.15. The molecule has 10 aromatic rings. The Labute approximate surface area is 314 Å². The molecule has 2 aromatic heterocycles. The predicted molar refractivity (Wildman–Crippen MR) is 225 cm³/mol. The lowest BCUT2D eigenvalue weighted by atomic mass is 9.98. The first kappa shape index (κ1) is 31.5. The highest BCUT2D eigenvalue weighted by molar-refractivity contribution is 5.93. The maximum absolute atomic E-state index is 5.76. The fourth-order valence-corrected chi connectivity index (χ4v) is 7.53. The second-order valence-corrected chi connectivity index (χ2v) is 13.7. The standard InChI is InChI=1S/C51H34N2O/c1-3-8-42-32-44(17-15-35(42)6-1)39-13-11-37(12-14-39)38-19-25-46(26-20-38)53(48-29-23-41(24-30-48)50-34-54-51-49(50)10-5-31-52-51)47-27-21-40(22-28-47)45-18-16-36-7-2-4-9-43(36)33-45/h1-34H. The van der Waals surface area contributed by atoms with Crippen LogP contribution in [0.2, 0.25) is 0 Å². The summed E-state index contributed by atoms with van der Waals surface area (Å²) in [6.45, 7) is 0. The molecule has 0 bridgehead atoms. The summed E-state index contributed by atoms with van der Waals surface area (Å²) < 4.78 is 5.76. The molecule has 3 heteroatoms. The Morgan fingerprint density at radius 1 is 0.352 bits per heavy atom. The van der Waals surface area contributed by atoms with E-state index in [0.717, 1.165) is 33.6 Å². The average molecular weight is 691 g/mol. The highest BCUT2D eigenvalue weighted by Crippen LogP contribution is 2.39. The van der Waals surface area contributed by atoms with Gasteiger partial charge in [0.2, 0.25) is 5.71 Å². The number of rotatable bonds is 7. The van der Waals surface area contributed by atoms with E-state index in [9.17, 15) is 0 Å². The predicted octanol–water partition coefficient (Wildman–Crippen LogP) is 14.3. The molecule has 8 aromatic carbocycles. The van der Waals surface area contributed by atoms with E-state index >= 15 is 0 Å². The molecule has 0 radical (unpaired) electrons. The van der Waals surface area contributed by atoms with Gasteiger partial charge in [-0.05, 0) is 121 Å². The van der Waals surface area contributed by atoms with Crippen LogP contribution >= 0.6 is 0 Å². The number of hydrogen-bond donors (Lipinski definition) is 0. The van der Waals surface area contributed by atoms with E-state index < -0.39 is 0 Å². The molecule has 0 amide bonds. The fraction of sp³-hybridized carbons (Fsp3) is 0. The van der Waals surface area contributed by atoms with E-state index in [2.05, 4.69) is 198 Å². The normalized spacial score (nSPS) is 11.3. The number of benzene rings is 8. The molecule has 0 aliphatic rings. The molecule has 0 aliphatic heterocycles. The van der Waals surface area contributed by atoms with Crippen molar-refractivity contribution in [2.45, 2.75) is 0 Å². The van der Waals surface area contributed by atoms with Gasteiger partial charge in [0.1, 0.15) is 6.26 Å². The van der Waals surface area contributed by atoms with Gasteiger partial charge in [-0.1, -0.05) is 133 Å². The first-order valence-corrected chi connectivity index (χ1v) is 18.3. The lowest BCUT2D eigenvalue weighted by molar-refractivity contribution is 0.604. The monoisotopic (exact) mass is 690 g/mol. The van der Waals surface area contributed by atoms with Gasteiger partial charge in [0.25, 0.3) is 0 Å². The molecule has 0 saturated carbocycles. The topological polar surface area (TPSA) is 29.3 Å². The molecular formula is C51H34N2O. The fourth-order valence-electron chi connectivity index (χ4n) is 7.53. The van der Waals surface area contributed by atoms with Gasteiger partial charge >= 0.3 is 0 Å². The van der Waals surface area contributed by atoms with E-state index in [1.165, 1.54) is 54.9 Å². The van der Waals surface area contributed by atoms with Crippen molar-refractivity contribution < 1.29 is 4.42 Å². The van der Waals surface area contributed by atoms with Crippen LogP contribution in [0.1, 0.15) is 0 Å². The zero-order valence-electron chi connectivity index (χ0n) is 29.4. The van der Waals surface area contributed by atoms with E-state index in [1.807, 2.05) is 6.07 Å². The summed E-state index contributed by atoms with van der Waals surface area (Å²) in [6, 6.07) is 69.7. The van der Waals surface area contributed by atoms with Crippen LogP contribution < -0.4 is 4.90 Å². The second kappa shape index (κ2) is 13.4. The zero-order chi connectivity index (χ0) is 35.8. The maximum atomic E-state index is 5.76. The molecule has 0 saturated heterocycles. The Hall–Kier alpha value is -7.23. The second-order valence-electron chi connectivity index (χ2n) is 13.7. The van der Waals surface area contributed by atoms with Crippen LogP contribution in [0.25, 0.3) is 77.2 Å². The number of anilines is 3. The number of fused-ring (bicyclic) bond motifs is 3. The van der Waals surface area contributed by atoms with Gasteiger partial charge in [0.15, 0.2) is 0 Å². The van der Waals surface area contributed by atoms with Crippen LogP contribution in [0.4, 0.5) is 17.1 Å². The molecule has 254 valence electrons. The Morgan fingerprint density at radius 2 is 0.759 bits per heavy atom. The molecule has 2 heterocycles. The summed E-state index contributed by atoms with van der Waals surface area (Å²) in [4.78, 5) is 6.69. The molecular weight excluding hydrogens is 657 g/mol. The number of hydrogen-bond acceptors (Lipinski definition) is 3. The number of aromatic nitrogens is 1. The van der Waals surface area contributed by atoms with Crippen molar-refractivity contribution in [3.8, 4) is 44.5 Å². The van der Waals surface area contributed by atoms with Crippen LogP contribution in [0.15, 0.2) is 211 Å². The van der Waals surface area contributed by atoms with Crippen molar-refractivity contribution in [1.29, 1.82) is 0 Å². The highest BCUT2D eigenvalue weighted by atomic mass is 16.3. The summed E-state index contributed by atoms with van der Waals surface area (Å²) in [6.07, 6.45) is 3.55. The molecule has 0 atom stereocenters. The average Bonchev–Trinajstić information content (AvgIpc) is 3.69. The van der Waals surface area contributed by atoms with Crippen LogP contribution in [0, 0.1) is 0 Å². The molecule has 0 spiro atoms. The molecule has 0 fully saturated rings. The minimum absolute atomic E-state index is 0.646. The summed E-state index contributed by atoms with van der Waals surface area (Å²) in [5.74, 6) is 0. The first-order valence-electron chi connectivity index (χ1n) is 18.3. The smallest absolute Gasteiger partial charge is 0.226 e. The largest absolute Gasteiger partial charge is 0.445 e. The van der Waals surface area contributed by atoms with Gasteiger partial charge in [-0.2, -0.15) is 0 Å². The van der Waals surface area contributed by atoms with Crippen LogP contribution in [0.5, 0.6) is 0 Å². The van der Waals surface area contributed by atoms with Crippen molar-refractivity contribution in [2.24, 2.45) is 0 Å². The van der Waals surface area contributed by atoms with Crippen LogP contribution in [-0.4, -0.2) is 4.98 Å². The number of pyridine rings is 1. The van der Waals surface area contributed by atoms with Gasteiger partial charge < -0.3 is 9.32 Å². The minimum atomic E-state index is 0.646. The van der Waals surface area contributed by atoms with Gasteiger partial charge in [-0.3, -0.25) is 0 Å². The lowest BCUT2D eigenvalue weighted by Crippen LogP contribution is -2.09. The van der Waals surface area contributed by atoms with Crippen molar-refractivity contribution in [1.82, 2.24) is 4.98 Å². The summed E-state index contributed by atoms with van der Waals surface area (Å²) in [7, 11) is 0. The summed E-state index contributed by atoms with van der Waals surface area (Å²) >= 11 is 0. The Bertz CT molecular complexity index is 2910. The van der Waals surface area contributed by atoms with Gasteiger partial charge in [0.05, 0.1) is 0 Å². The number of furan rings is 1. The molecule has 0 N–H and O–H groups in total. The molecule has 3 nitrogen and oxygen atoms in total. The zero-order valence-corrected chi connectivity index (χ0v) is 29.4. The third-order valence-electron chi connectivity index (χ3n) is 10.4. The van der Waals surface area contributed by atoms with Crippen molar-refractivity contribution >= 4 is 49.7 Å². The van der Waals surface area contributed by atoms with E-state index in [-0.39, 0.29) is 0 Å². The van der Waals surface area contributed by atoms with E-state index in [0.29, 0.717) is 5.71 Å². The molecule has 10 rings (SSSR count). The molecule has 0 unspecified atom stereocenters. The third kappa shape index (κ3) is 5.88. The quantitative estimate of drug-likeness (QED) is 0.167. The van der Waals surface area contributed by atoms with Crippen molar-refractivity contribution in [3.05, 3.63) is 207 Å². The van der Waals surface area contributed by atoms with Crippen molar-refractivity contribution in [3.63, 3.8) is 0 Å². The minimum Gasteiger partial charge on any atom is -0.445 e.